The number of hydrogen-bond acceptors (Lipinski definition) is 11. The number of esters is 1. The van der Waals surface area contributed by atoms with Crippen molar-refractivity contribution in [1.82, 2.24) is 24.6 Å². The van der Waals surface area contributed by atoms with Gasteiger partial charge in [0.1, 0.15) is 18.0 Å². The predicted octanol–water partition coefficient (Wildman–Crippen LogP) is 3.53. The third-order valence-corrected chi connectivity index (χ3v) is 7.67. The number of ether oxygens (including phenoxy) is 2. The van der Waals surface area contributed by atoms with Crippen LogP contribution < -0.4 is 20.2 Å². The van der Waals surface area contributed by atoms with Crippen molar-refractivity contribution in [2.24, 2.45) is 5.92 Å². The van der Waals surface area contributed by atoms with Crippen molar-refractivity contribution in [2.45, 2.75) is 58.6 Å². The molecule has 0 amide bonds. The molecule has 212 valence electrons. The fourth-order valence-electron chi connectivity index (χ4n) is 4.30. The van der Waals surface area contributed by atoms with Gasteiger partial charge in [0, 0.05) is 20.0 Å². The minimum absolute atomic E-state index is 0.0450. The Morgan fingerprint density at radius 2 is 1.97 bits per heavy atom. The summed E-state index contributed by atoms with van der Waals surface area (Å²) in [7, 11) is -0.289. The number of para-hydroxylation sites is 1. The highest BCUT2D eigenvalue weighted by molar-refractivity contribution is 7.52. The second-order valence-corrected chi connectivity index (χ2v) is 11.7. The van der Waals surface area contributed by atoms with Crippen LogP contribution in [0.5, 0.6) is 5.75 Å². The lowest BCUT2D eigenvalue weighted by Gasteiger charge is -2.24. The zero-order valence-electron chi connectivity index (χ0n) is 23.0. The van der Waals surface area contributed by atoms with Crippen LogP contribution in [-0.4, -0.2) is 64.4 Å². The molecule has 0 radical (unpaired) electrons. The molecule has 3 aromatic rings. The third-order valence-electron chi connectivity index (χ3n) is 6.03. The second-order valence-electron chi connectivity index (χ2n) is 10.0. The molecular weight excluding hydrogens is 525 g/mol. The predicted molar refractivity (Wildman–Crippen MR) is 146 cm³/mol. The molecule has 2 aromatic heterocycles. The largest absolute Gasteiger partial charge is 0.462 e. The quantitative estimate of drug-likeness (QED) is 0.260. The molecule has 5 atom stereocenters. The number of hydrogen-bond donors (Lipinski definition) is 2. The summed E-state index contributed by atoms with van der Waals surface area (Å²) in [5.41, 5.74) is 7.13. The first kappa shape index (κ1) is 28.8. The van der Waals surface area contributed by atoms with Crippen molar-refractivity contribution in [3.63, 3.8) is 0 Å². The number of anilines is 2. The van der Waals surface area contributed by atoms with E-state index in [1.54, 1.807) is 51.4 Å². The van der Waals surface area contributed by atoms with Gasteiger partial charge in [0.05, 0.1) is 25.1 Å². The van der Waals surface area contributed by atoms with Gasteiger partial charge in [-0.25, -0.2) is 9.55 Å². The SMILES string of the molecule is CC(C)OC(=O)[C@H](C)N[P@@](=O)(OC[C@@H]1C[C@H](C)[C@H](n2cnc3c(N(C)C)nc(N)nc32)O1)Oc1ccccc1. The molecule has 1 saturated heterocycles. The Bertz CT molecular complexity index is 1340. The molecule has 0 spiro atoms. The molecule has 1 fully saturated rings. The number of carbonyl (C=O) groups excluding carboxylic acids is 1. The number of rotatable bonds is 11. The van der Waals surface area contributed by atoms with E-state index in [4.69, 9.17) is 24.3 Å². The van der Waals surface area contributed by atoms with Crippen LogP contribution in [0.4, 0.5) is 11.8 Å². The molecule has 3 N–H and O–H groups in total. The molecule has 0 saturated carbocycles. The van der Waals surface area contributed by atoms with E-state index in [1.807, 2.05) is 36.6 Å². The molecule has 0 bridgehead atoms. The number of nitrogens with zero attached hydrogens (tertiary/aromatic N) is 5. The van der Waals surface area contributed by atoms with Gasteiger partial charge >= 0.3 is 13.7 Å². The Labute approximate surface area is 227 Å². The summed E-state index contributed by atoms with van der Waals surface area (Å²) in [4.78, 5) is 27.4. The number of benzene rings is 1. The van der Waals surface area contributed by atoms with Crippen molar-refractivity contribution < 1.29 is 27.9 Å². The van der Waals surface area contributed by atoms with Gasteiger partial charge in [-0.3, -0.25) is 13.9 Å². The van der Waals surface area contributed by atoms with Gasteiger partial charge in [0.2, 0.25) is 5.95 Å². The zero-order chi connectivity index (χ0) is 28.3. The van der Waals surface area contributed by atoms with E-state index in [-0.39, 0.29) is 24.6 Å². The Balaban J connectivity index is 1.49. The van der Waals surface area contributed by atoms with Gasteiger partial charge in [-0.05, 0) is 39.3 Å². The summed E-state index contributed by atoms with van der Waals surface area (Å²) in [6.45, 7) is 7.01. The highest BCUT2D eigenvalue weighted by atomic mass is 31.2. The summed E-state index contributed by atoms with van der Waals surface area (Å²) >= 11 is 0. The minimum Gasteiger partial charge on any atom is -0.462 e. The number of imidazole rings is 1. The Morgan fingerprint density at radius 1 is 1.26 bits per heavy atom. The van der Waals surface area contributed by atoms with Crippen LogP contribution in [0.1, 0.15) is 40.3 Å². The van der Waals surface area contributed by atoms with Crippen LogP contribution >= 0.6 is 7.75 Å². The second kappa shape index (κ2) is 11.9. The van der Waals surface area contributed by atoms with Gasteiger partial charge < -0.3 is 24.6 Å². The summed E-state index contributed by atoms with van der Waals surface area (Å²) in [6.07, 6.45) is 1.12. The van der Waals surface area contributed by atoms with Crippen molar-refractivity contribution in [3.8, 4) is 5.75 Å². The molecule has 1 aromatic carbocycles. The number of carbonyl (C=O) groups is 1. The maximum Gasteiger partial charge on any atom is 0.459 e. The van der Waals surface area contributed by atoms with E-state index in [0.29, 0.717) is 29.2 Å². The zero-order valence-corrected chi connectivity index (χ0v) is 23.9. The third kappa shape index (κ3) is 6.85. The molecule has 4 rings (SSSR count). The van der Waals surface area contributed by atoms with Gasteiger partial charge in [-0.1, -0.05) is 25.1 Å². The minimum atomic E-state index is -4.00. The molecular formula is C25H36N7O6P. The maximum atomic E-state index is 13.8. The van der Waals surface area contributed by atoms with Gasteiger partial charge in [0.25, 0.3) is 0 Å². The number of nitrogens with one attached hydrogen (secondary N) is 1. The Morgan fingerprint density at radius 3 is 2.64 bits per heavy atom. The lowest BCUT2D eigenvalue weighted by atomic mass is 10.1. The van der Waals surface area contributed by atoms with E-state index >= 15 is 0 Å². The molecule has 14 heteroatoms. The standard InChI is InChI=1S/C25H36N7O6P/c1-15(2)36-24(33)17(4)30-39(34,38-18-10-8-7-9-11-18)35-13-19-12-16(3)23(37-19)32-14-27-20-21(31(5)6)28-25(26)29-22(20)32/h7-11,14-17,19,23H,12-13H2,1-6H3,(H,30,34)(H2,26,28,29)/t16-,17-,19-,23+,39+/m0/s1. The van der Waals surface area contributed by atoms with Crippen LogP contribution in [0.3, 0.4) is 0 Å². The van der Waals surface area contributed by atoms with Crippen LogP contribution in [0.15, 0.2) is 36.7 Å². The summed E-state index contributed by atoms with van der Waals surface area (Å²) in [6, 6.07) is 7.66. The van der Waals surface area contributed by atoms with Gasteiger partial charge in [-0.2, -0.15) is 15.1 Å². The average Bonchev–Trinajstić information content (AvgIpc) is 3.45. The van der Waals surface area contributed by atoms with Gasteiger partial charge in [-0.15, -0.1) is 0 Å². The fourth-order valence-corrected chi connectivity index (χ4v) is 5.82. The molecule has 3 heterocycles. The van der Waals surface area contributed by atoms with E-state index in [0.717, 1.165) is 0 Å². The first-order valence-corrected chi connectivity index (χ1v) is 14.3. The van der Waals surface area contributed by atoms with E-state index < -0.39 is 32.1 Å². The van der Waals surface area contributed by atoms with Crippen LogP contribution in [0, 0.1) is 5.92 Å². The normalized spacial score (nSPS) is 21.6. The van der Waals surface area contributed by atoms with Gasteiger partial charge in [0.15, 0.2) is 17.0 Å². The number of nitrogen functional groups attached to an aromatic ring is 1. The van der Waals surface area contributed by atoms with Crippen LogP contribution in [0.2, 0.25) is 0 Å². The van der Waals surface area contributed by atoms with Crippen LogP contribution in [-0.2, 0) is 23.4 Å². The number of nitrogens with two attached hydrogens (primary N) is 1. The summed E-state index contributed by atoms with van der Waals surface area (Å²) in [5, 5.41) is 2.70. The fraction of sp³-hybridized carbons (Fsp3) is 0.520. The van der Waals surface area contributed by atoms with E-state index in [2.05, 4.69) is 20.0 Å². The highest BCUT2D eigenvalue weighted by Gasteiger charge is 2.38. The van der Waals surface area contributed by atoms with Crippen molar-refractivity contribution in [3.05, 3.63) is 36.7 Å². The average molecular weight is 562 g/mol. The highest BCUT2D eigenvalue weighted by Crippen LogP contribution is 2.46. The van der Waals surface area contributed by atoms with Crippen molar-refractivity contribution in [1.29, 1.82) is 0 Å². The van der Waals surface area contributed by atoms with E-state index in [1.165, 1.54) is 0 Å². The van der Waals surface area contributed by atoms with Crippen LogP contribution in [0.25, 0.3) is 11.2 Å². The Kier molecular flexibility index (Phi) is 8.75. The lowest BCUT2D eigenvalue weighted by molar-refractivity contribution is -0.149. The number of fused-ring (bicyclic) bond motifs is 1. The van der Waals surface area contributed by atoms with E-state index in [9.17, 15) is 9.36 Å². The van der Waals surface area contributed by atoms with Crippen molar-refractivity contribution in [2.75, 3.05) is 31.3 Å². The first-order chi connectivity index (χ1) is 18.5. The maximum absolute atomic E-state index is 13.8. The summed E-state index contributed by atoms with van der Waals surface area (Å²) < 4.78 is 38.7. The molecule has 1 aliphatic heterocycles. The molecule has 0 aliphatic carbocycles. The Hall–Kier alpha value is -3.25. The summed E-state index contributed by atoms with van der Waals surface area (Å²) in [5.74, 6) is 0.555. The monoisotopic (exact) mass is 561 g/mol. The molecule has 0 unspecified atom stereocenters. The molecule has 39 heavy (non-hydrogen) atoms. The topological polar surface area (TPSA) is 156 Å². The first-order valence-electron chi connectivity index (χ1n) is 12.8. The number of aromatic nitrogens is 4. The smallest absolute Gasteiger partial charge is 0.459 e. The lowest BCUT2D eigenvalue weighted by Crippen LogP contribution is -2.36. The van der Waals surface area contributed by atoms with Crippen molar-refractivity contribution >= 4 is 36.6 Å². The molecule has 13 nitrogen and oxygen atoms in total. The molecule has 1 aliphatic rings.